The predicted molar refractivity (Wildman–Crippen MR) is 67.6 cm³/mol. The number of carbonyl (C=O) groups is 2. The molecule has 1 fully saturated rings. The Bertz CT molecular complexity index is 417. The fourth-order valence-corrected chi connectivity index (χ4v) is 2.24. The van der Waals surface area contributed by atoms with Gasteiger partial charge < -0.3 is 10.4 Å². The van der Waals surface area contributed by atoms with Crippen molar-refractivity contribution < 1.29 is 14.7 Å². The highest BCUT2D eigenvalue weighted by atomic mass is 32.1. The van der Waals surface area contributed by atoms with E-state index in [0.29, 0.717) is 17.7 Å². The van der Waals surface area contributed by atoms with Gasteiger partial charge in [0.05, 0.1) is 13.0 Å². The molecule has 0 radical (unpaired) electrons. The summed E-state index contributed by atoms with van der Waals surface area (Å²) in [5.41, 5.74) is 0. The number of hydrogen-bond acceptors (Lipinski definition) is 5. The van der Waals surface area contributed by atoms with Crippen LogP contribution in [0.25, 0.3) is 0 Å². The Balaban J connectivity index is 1.80. The molecule has 1 heterocycles. The zero-order valence-electron chi connectivity index (χ0n) is 9.83. The highest BCUT2D eigenvalue weighted by Gasteiger charge is 2.30. The van der Waals surface area contributed by atoms with Gasteiger partial charge in [-0.25, -0.2) is 4.98 Å². The molecule has 1 aromatic heterocycles. The molecule has 18 heavy (non-hydrogen) atoms. The van der Waals surface area contributed by atoms with Crippen LogP contribution < -0.4 is 5.32 Å². The number of carboxylic acid groups (broad SMARTS) is 1. The first-order chi connectivity index (χ1) is 8.65. The number of rotatable bonds is 7. The summed E-state index contributed by atoms with van der Waals surface area (Å²) in [6, 6.07) is 0.367. The molecular weight excluding hydrogens is 254 g/mol. The molecule has 98 valence electrons. The lowest BCUT2D eigenvalue weighted by molar-refractivity contribution is -0.137. The molecular formula is C11H15N3O3S. The van der Waals surface area contributed by atoms with Crippen LogP contribution >= 0.6 is 11.3 Å². The minimum atomic E-state index is -0.832. The highest BCUT2D eigenvalue weighted by Crippen LogP contribution is 2.26. The van der Waals surface area contributed by atoms with Crippen molar-refractivity contribution in [2.45, 2.75) is 25.3 Å². The minimum Gasteiger partial charge on any atom is -0.481 e. The van der Waals surface area contributed by atoms with Crippen LogP contribution in [-0.2, 0) is 9.59 Å². The van der Waals surface area contributed by atoms with E-state index >= 15 is 0 Å². The molecule has 7 heteroatoms. The third-order valence-electron chi connectivity index (χ3n) is 2.70. The zero-order chi connectivity index (χ0) is 13.0. The molecule has 0 aromatic carbocycles. The Morgan fingerprint density at radius 2 is 2.33 bits per heavy atom. The average molecular weight is 269 g/mol. The van der Waals surface area contributed by atoms with Gasteiger partial charge in [0, 0.05) is 24.2 Å². The van der Waals surface area contributed by atoms with Gasteiger partial charge in [0.15, 0.2) is 5.13 Å². The van der Waals surface area contributed by atoms with Gasteiger partial charge in [0.1, 0.15) is 0 Å². The number of carbonyl (C=O) groups excluding carboxylic acids is 1. The molecule has 0 bridgehead atoms. The predicted octanol–water partition coefficient (Wildman–Crippen LogP) is 1.02. The van der Waals surface area contributed by atoms with Crippen LogP contribution in [0.3, 0.4) is 0 Å². The largest absolute Gasteiger partial charge is 0.481 e. The maximum Gasteiger partial charge on any atom is 0.304 e. The van der Waals surface area contributed by atoms with E-state index in [0.717, 1.165) is 12.8 Å². The summed E-state index contributed by atoms with van der Waals surface area (Å²) in [5.74, 6) is -0.969. The second kappa shape index (κ2) is 5.92. The zero-order valence-corrected chi connectivity index (χ0v) is 10.7. The number of amides is 1. The van der Waals surface area contributed by atoms with Crippen molar-refractivity contribution >= 4 is 28.3 Å². The Kier molecular flexibility index (Phi) is 4.27. The standard InChI is InChI=1S/C11H15N3O3S/c15-9(13-11-12-4-6-18-11)7-14(8-1-2-8)5-3-10(16)17/h4,6,8H,1-3,5,7H2,(H,16,17)(H,12,13,15). The number of carboxylic acids is 1. The van der Waals surface area contributed by atoms with Crippen LogP contribution in [-0.4, -0.2) is 46.0 Å². The summed E-state index contributed by atoms with van der Waals surface area (Å²) in [4.78, 5) is 28.2. The van der Waals surface area contributed by atoms with Gasteiger partial charge in [-0.3, -0.25) is 14.5 Å². The highest BCUT2D eigenvalue weighted by molar-refractivity contribution is 7.13. The van der Waals surface area contributed by atoms with Crippen molar-refractivity contribution in [2.24, 2.45) is 0 Å². The van der Waals surface area contributed by atoms with Crippen molar-refractivity contribution in [3.05, 3.63) is 11.6 Å². The minimum absolute atomic E-state index is 0.0705. The SMILES string of the molecule is O=C(O)CCN(CC(=O)Nc1nccs1)C1CC1. The molecule has 1 aliphatic carbocycles. The van der Waals surface area contributed by atoms with Crippen molar-refractivity contribution in [2.75, 3.05) is 18.4 Å². The molecule has 1 amide bonds. The van der Waals surface area contributed by atoms with E-state index in [2.05, 4.69) is 10.3 Å². The molecule has 0 atom stereocenters. The normalized spacial score (nSPS) is 14.7. The Morgan fingerprint density at radius 3 is 2.89 bits per heavy atom. The fourth-order valence-electron chi connectivity index (χ4n) is 1.70. The van der Waals surface area contributed by atoms with Crippen LogP contribution in [0.4, 0.5) is 5.13 Å². The van der Waals surface area contributed by atoms with E-state index < -0.39 is 5.97 Å². The van der Waals surface area contributed by atoms with Crippen LogP contribution in [0.2, 0.25) is 0 Å². The molecule has 1 aliphatic rings. The van der Waals surface area contributed by atoms with Crippen LogP contribution in [0.5, 0.6) is 0 Å². The monoisotopic (exact) mass is 269 g/mol. The summed E-state index contributed by atoms with van der Waals surface area (Å²) in [5, 5.41) is 13.7. The van der Waals surface area contributed by atoms with E-state index in [9.17, 15) is 9.59 Å². The molecule has 2 rings (SSSR count). The van der Waals surface area contributed by atoms with Gasteiger partial charge in [0.25, 0.3) is 0 Å². The van der Waals surface area contributed by atoms with E-state index in [1.165, 1.54) is 11.3 Å². The van der Waals surface area contributed by atoms with E-state index in [-0.39, 0.29) is 18.9 Å². The van der Waals surface area contributed by atoms with Gasteiger partial charge in [-0.05, 0) is 12.8 Å². The Hall–Kier alpha value is -1.47. The molecule has 0 unspecified atom stereocenters. The second-order valence-electron chi connectivity index (χ2n) is 4.23. The van der Waals surface area contributed by atoms with E-state index in [4.69, 9.17) is 5.11 Å². The lowest BCUT2D eigenvalue weighted by atomic mass is 10.3. The van der Waals surface area contributed by atoms with Crippen molar-refractivity contribution in [1.29, 1.82) is 0 Å². The quantitative estimate of drug-likeness (QED) is 0.772. The lowest BCUT2D eigenvalue weighted by Gasteiger charge is -2.19. The number of hydrogen-bond donors (Lipinski definition) is 2. The van der Waals surface area contributed by atoms with Gasteiger partial charge in [-0.15, -0.1) is 11.3 Å². The number of nitrogens with one attached hydrogen (secondary N) is 1. The molecule has 6 nitrogen and oxygen atoms in total. The van der Waals surface area contributed by atoms with Crippen LogP contribution in [0, 0.1) is 0 Å². The Labute approximate surface area is 109 Å². The topological polar surface area (TPSA) is 82.5 Å². The summed E-state index contributed by atoms with van der Waals surface area (Å²) >= 11 is 1.36. The van der Waals surface area contributed by atoms with Crippen molar-refractivity contribution in [3.8, 4) is 0 Å². The smallest absolute Gasteiger partial charge is 0.304 e. The van der Waals surface area contributed by atoms with Crippen LogP contribution in [0.15, 0.2) is 11.6 Å². The number of aromatic nitrogens is 1. The maximum absolute atomic E-state index is 11.8. The summed E-state index contributed by atoms with van der Waals surface area (Å²) in [6.45, 7) is 0.656. The van der Waals surface area contributed by atoms with Gasteiger partial charge in [-0.1, -0.05) is 0 Å². The molecule has 0 saturated heterocycles. The number of nitrogens with zero attached hydrogens (tertiary/aromatic N) is 2. The van der Waals surface area contributed by atoms with E-state index in [1.54, 1.807) is 11.6 Å². The lowest BCUT2D eigenvalue weighted by Crippen LogP contribution is -2.36. The van der Waals surface area contributed by atoms with Crippen molar-refractivity contribution in [3.63, 3.8) is 0 Å². The average Bonchev–Trinajstić information content (AvgIpc) is 3.03. The summed E-state index contributed by atoms with van der Waals surface area (Å²) in [7, 11) is 0. The summed E-state index contributed by atoms with van der Waals surface area (Å²) in [6.07, 6.45) is 3.79. The number of thiazole rings is 1. The van der Waals surface area contributed by atoms with E-state index in [1.807, 2.05) is 4.90 Å². The Morgan fingerprint density at radius 1 is 1.56 bits per heavy atom. The maximum atomic E-state index is 11.8. The first-order valence-corrected chi connectivity index (χ1v) is 6.68. The first-order valence-electron chi connectivity index (χ1n) is 5.80. The number of anilines is 1. The summed E-state index contributed by atoms with van der Waals surface area (Å²) < 4.78 is 0. The molecule has 0 aliphatic heterocycles. The van der Waals surface area contributed by atoms with Crippen molar-refractivity contribution in [1.82, 2.24) is 9.88 Å². The molecule has 1 aromatic rings. The molecule has 0 spiro atoms. The third kappa shape index (κ3) is 4.08. The second-order valence-corrected chi connectivity index (χ2v) is 5.13. The van der Waals surface area contributed by atoms with Gasteiger partial charge >= 0.3 is 5.97 Å². The van der Waals surface area contributed by atoms with Gasteiger partial charge in [-0.2, -0.15) is 0 Å². The van der Waals surface area contributed by atoms with Crippen LogP contribution in [0.1, 0.15) is 19.3 Å². The fraction of sp³-hybridized carbons (Fsp3) is 0.545. The van der Waals surface area contributed by atoms with Gasteiger partial charge in [0.2, 0.25) is 5.91 Å². The molecule has 2 N–H and O–H groups in total. The first kappa shape index (κ1) is 13.0. The third-order valence-corrected chi connectivity index (χ3v) is 3.39. The molecule has 1 saturated carbocycles. The number of aliphatic carboxylic acids is 1.